The first-order valence-electron chi connectivity index (χ1n) is 10.3. The molecule has 9 heteroatoms. The highest BCUT2D eigenvalue weighted by Crippen LogP contribution is 2.15. The van der Waals surface area contributed by atoms with Gasteiger partial charge in [0.05, 0.1) is 17.9 Å². The molecule has 0 saturated carbocycles. The molecule has 0 radical (unpaired) electrons. The van der Waals surface area contributed by atoms with Crippen molar-refractivity contribution in [3.05, 3.63) is 53.1 Å². The number of aryl methyl sites for hydroxylation is 2. The van der Waals surface area contributed by atoms with Crippen molar-refractivity contribution in [1.29, 1.82) is 0 Å². The zero-order valence-electron chi connectivity index (χ0n) is 17.8. The Morgan fingerprint density at radius 1 is 1.17 bits per heavy atom. The SMILES string of the molecule is Cc1cc(C)n(-c2cccc(CN(C)C(=O)Cn3nnnc3CN3CCCC3)c2)n1. The van der Waals surface area contributed by atoms with Crippen LogP contribution in [0.3, 0.4) is 0 Å². The number of hydrogen-bond acceptors (Lipinski definition) is 6. The highest BCUT2D eigenvalue weighted by atomic mass is 16.2. The molecule has 1 saturated heterocycles. The van der Waals surface area contributed by atoms with E-state index in [0.29, 0.717) is 13.1 Å². The molecule has 9 nitrogen and oxygen atoms in total. The van der Waals surface area contributed by atoms with Gasteiger partial charge < -0.3 is 4.90 Å². The number of nitrogens with zero attached hydrogens (tertiary/aromatic N) is 8. The topological polar surface area (TPSA) is 85.0 Å². The van der Waals surface area contributed by atoms with E-state index in [9.17, 15) is 4.79 Å². The molecule has 2 aromatic heterocycles. The van der Waals surface area contributed by atoms with Crippen LogP contribution in [0.4, 0.5) is 0 Å². The molecule has 0 N–H and O–H groups in total. The molecular weight excluding hydrogens is 380 g/mol. The molecule has 158 valence electrons. The molecule has 0 aliphatic carbocycles. The Kier molecular flexibility index (Phi) is 5.89. The fourth-order valence-corrected chi connectivity index (χ4v) is 3.89. The van der Waals surface area contributed by atoms with Crippen LogP contribution in [-0.4, -0.2) is 65.8 Å². The number of hydrogen-bond donors (Lipinski definition) is 0. The van der Waals surface area contributed by atoms with Crippen molar-refractivity contribution in [2.45, 2.75) is 46.3 Å². The number of likely N-dealkylation sites (N-methyl/N-ethyl adjacent to an activating group) is 1. The van der Waals surface area contributed by atoms with Gasteiger partial charge in [-0.1, -0.05) is 12.1 Å². The van der Waals surface area contributed by atoms with Crippen LogP contribution in [0.15, 0.2) is 30.3 Å². The Bertz CT molecular complexity index is 1020. The zero-order valence-corrected chi connectivity index (χ0v) is 17.8. The summed E-state index contributed by atoms with van der Waals surface area (Å²) >= 11 is 0. The minimum atomic E-state index is -0.0264. The van der Waals surface area contributed by atoms with Crippen molar-refractivity contribution in [2.75, 3.05) is 20.1 Å². The minimum Gasteiger partial charge on any atom is -0.340 e. The van der Waals surface area contributed by atoms with Crippen LogP contribution < -0.4 is 0 Å². The third kappa shape index (κ3) is 4.56. The van der Waals surface area contributed by atoms with Crippen LogP contribution >= 0.6 is 0 Å². The van der Waals surface area contributed by atoms with Crippen LogP contribution in [0.5, 0.6) is 0 Å². The highest BCUT2D eigenvalue weighted by Gasteiger charge is 2.19. The maximum Gasteiger partial charge on any atom is 0.244 e. The lowest BCUT2D eigenvalue weighted by Crippen LogP contribution is -2.31. The van der Waals surface area contributed by atoms with Gasteiger partial charge in [-0.25, -0.2) is 9.36 Å². The normalized spacial score (nSPS) is 14.4. The van der Waals surface area contributed by atoms with Gasteiger partial charge in [0.15, 0.2) is 5.82 Å². The largest absolute Gasteiger partial charge is 0.340 e. The van der Waals surface area contributed by atoms with Gasteiger partial charge >= 0.3 is 0 Å². The van der Waals surface area contributed by atoms with E-state index in [4.69, 9.17) is 0 Å². The van der Waals surface area contributed by atoms with Crippen molar-refractivity contribution >= 4 is 5.91 Å². The van der Waals surface area contributed by atoms with Crippen molar-refractivity contribution in [3.63, 3.8) is 0 Å². The van der Waals surface area contributed by atoms with Crippen LogP contribution in [0, 0.1) is 13.8 Å². The van der Waals surface area contributed by atoms with Crippen molar-refractivity contribution in [1.82, 2.24) is 39.8 Å². The van der Waals surface area contributed by atoms with Gasteiger partial charge in [0.1, 0.15) is 6.54 Å². The van der Waals surface area contributed by atoms with Crippen molar-refractivity contribution < 1.29 is 4.79 Å². The second-order valence-corrected chi connectivity index (χ2v) is 7.99. The van der Waals surface area contributed by atoms with E-state index in [0.717, 1.165) is 41.6 Å². The molecule has 0 unspecified atom stereocenters. The molecule has 0 spiro atoms. The van der Waals surface area contributed by atoms with Crippen LogP contribution in [0.25, 0.3) is 5.69 Å². The molecule has 3 heterocycles. The van der Waals surface area contributed by atoms with Gasteiger partial charge in [0.25, 0.3) is 0 Å². The number of tetrazole rings is 1. The summed E-state index contributed by atoms with van der Waals surface area (Å²) in [5.74, 6) is 0.715. The Morgan fingerprint density at radius 2 is 1.97 bits per heavy atom. The second-order valence-electron chi connectivity index (χ2n) is 7.99. The summed E-state index contributed by atoms with van der Waals surface area (Å²) in [6.45, 7) is 7.48. The molecule has 4 rings (SSSR count). The first kappa shape index (κ1) is 20.2. The van der Waals surface area contributed by atoms with Gasteiger partial charge in [0.2, 0.25) is 5.91 Å². The summed E-state index contributed by atoms with van der Waals surface area (Å²) in [6, 6.07) is 10.2. The lowest BCUT2D eigenvalue weighted by Gasteiger charge is -2.19. The van der Waals surface area contributed by atoms with Crippen molar-refractivity contribution in [3.8, 4) is 5.69 Å². The Morgan fingerprint density at radius 3 is 2.70 bits per heavy atom. The summed E-state index contributed by atoms with van der Waals surface area (Å²) in [6.07, 6.45) is 2.42. The number of carbonyl (C=O) groups excluding carboxylic acids is 1. The lowest BCUT2D eigenvalue weighted by atomic mass is 10.2. The summed E-state index contributed by atoms with van der Waals surface area (Å²) in [5.41, 5.74) is 4.10. The van der Waals surface area contributed by atoms with Gasteiger partial charge in [-0.15, -0.1) is 5.10 Å². The fraction of sp³-hybridized carbons (Fsp3) is 0.476. The van der Waals surface area contributed by atoms with Crippen LogP contribution in [-0.2, 0) is 24.4 Å². The molecule has 1 aliphatic rings. The summed E-state index contributed by atoms with van der Waals surface area (Å²) in [7, 11) is 1.81. The quantitative estimate of drug-likeness (QED) is 0.592. The number of carbonyl (C=O) groups is 1. The molecule has 0 bridgehead atoms. The van der Waals surface area contributed by atoms with E-state index in [1.54, 1.807) is 9.58 Å². The lowest BCUT2D eigenvalue weighted by molar-refractivity contribution is -0.131. The first-order valence-corrected chi connectivity index (χ1v) is 10.3. The van der Waals surface area contributed by atoms with Gasteiger partial charge in [0, 0.05) is 19.3 Å². The van der Waals surface area contributed by atoms with Gasteiger partial charge in [-0.2, -0.15) is 5.10 Å². The zero-order chi connectivity index (χ0) is 21.1. The molecule has 1 aliphatic heterocycles. The maximum absolute atomic E-state index is 12.8. The van der Waals surface area contributed by atoms with Gasteiger partial charge in [-0.05, 0) is 74.0 Å². The standard InChI is InChI=1S/C21H28N8O/c1-16-11-17(2)29(23-16)19-8-6-7-18(12-19)13-26(3)21(30)15-28-20(22-24-25-28)14-27-9-4-5-10-27/h6-8,11-12H,4-5,9-10,13-15H2,1-3H3. The van der Waals surface area contributed by atoms with E-state index in [1.165, 1.54) is 12.8 Å². The Hall–Kier alpha value is -3.07. The second kappa shape index (κ2) is 8.74. The molecular formula is C21H28N8O. The van der Waals surface area contributed by atoms with E-state index in [2.05, 4.69) is 31.6 Å². The average Bonchev–Trinajstić information content (AvgIpc) is 3.45. The first-order chi connectivity index (χ1) is 14.5. The molecule has 1 aromatic carbocycles. The van der Waals surface area contributed by atoms with E-state index in [1.807, 2.05) is 49.8 Å². The Labute approximate surface area is 176 Å². The summed E-state index contributed by atoms with van der Waals surface area (Å²) < 4.78 is 3.54. The molecule has 3 aromatic rings. The number of rotatable bonds is 7. The third-order valence-corrected chi connectivity index (χ3v) is 5.47. The maximum atomic E-state index is 12.8. The van der Waals surface area contributed by atoms with E-state index < -0.39 is 0 Å². The predicted molar refractivity (Wildman–Crippen MR) is 112 cm³/mol. The summed E-state index contributed by atoms with van der Waals surface area (Å²) in [4.78, 5) is 16.8. The van der Waals surface area contributed by atoms with Crippen molar-refractivity contribution in [2.24, 2.45) is 0 Å². The molecule has 0 atom stereocenters. The molecule has 1 amide bonds. The van der Waals surface area contributed by atoms with Crippen LogP contribution in [0.2, 0.25) is 0 Å². The number of likely N-dealkylation sites (tertiary alicyclic amines) is 1. The summed E-state index contributed by atoms with van der Waals surface area (Å²) in [5, 5.41) is 16.5. The smallest absolute Gasteiger partial charge is 0.244 e. The fourth-order valence-electron chi connectivity index (χ4n) is 3.89. The van der Waals surface area contributed by atoms with E-state index >= 15 is 0 Å². The monoisotopic (exact) mass is 408 g/mol. The van der Waals surface area contributed by atoms with Crippen LogP contribution in [0.1, 0.15) is 35.6 Å². The predicted octanol–water partition coefficient (Wildman–Crippen LogP) is 1.73. The third-order valence-electron chi connectivity index (χ3n) is 5.47. The number of amides is 1. The van der Waals surface area contributed by atoms with Gasteiger partial charge in [-0.3, -0.25) is 9.69 Å². The minimum absolute atomic E-state index is 0.0264. The average molecular weight is 409 g/mol. The number of benzene rings is 1. The highest BCUT2D eigenvalue weighted by molar-refractivity contribution is 5.75. The van der Waals surface area contributed by atoms with E-state index in [-0.39, 0.29) is 12.5 Å². The molecule has 1 fully saturated rings. The number of aromatic nitrogens is 6. The molecule has 30 heavy (non-hydrogen) atoms. The Balaban J connectivity index is 1.40.